The number of nitrogens with zero attached hydrogens (tertiary/aromatic N) is 2. The number of anilines is 1. The van der Waals surface area contributed by atoms with E-state index in [2.05, 4.69) is 26.5 Å². The fraction of sp³-hybridized carbons (Fsp3) is 0.130. The van der Waals surface area contributed by atoms with Gasteiger partial charge in [-0.3, -0.25) is 9.10 Å². The topological polar surface area (TPSA) is 88.1 Å². The molecule has 0 aliphatic heterocycles. The predicted molar refractivity (Wildman–Crippen MR) is 133 cm³/mol. The van der Waals surface area contributed by atoms with E-state index >= 15 is 0 Å². The summed E-state index contributed by atoms with van der Waals surface area (Å²) in [6, 6.07) is 19.7. The summed E-state index contributed by atoms with van der Waals surface area (Å²) in [5, 5.41) is 4.33. The van der Waals surface area contributed by atoms with Gasteiger partial charge < -0.3 is 4.74 Å². The molecular formula is C23H21BrClN3O4S. The van der Waals surface area contributed by atoms with E-state index in [1.54, 1.807) is 31.2 Å². The Morgan fingerprint density at radius 2 is 1.76 bits per heavy atom. The van der Waals surface area contributed by atoms with E-state index in [1.807, 2.05) is 24.3 Å². The van der Waals surface area contributed by atoms with Crippen molar-refractivity contribution in [3.63, 3.8) is 0 Å². The van der Waals surface area contributed by atoms with Gasteiger partial charge in [-0.15, -0.1) is 0 Å². The molecule has 3 aromatic carbocycles. The van der Waals surface area contributed by atoms with Crippen molar-refractivity contribution in [1.29, 1.82) is 0 Å². The number of halogens is 2. The summed E-state index contributed by atoms with van der Waals surface area (Å²) in [6.45, 7) is 1.61. The van der Waals surface area contributed by atoms with Crippen molar-refractivity contribution < 1.29 is 17.9 Å². The quantitative estimate of drug-likeness (QED) is 0.305. The third kappa shape index (κ3) is 6.56. The smallest absolute Gasteiger partial charge is 0.264 e. The van der Waals surface area contributed by atoms with Crippen molar-refractivity contribution in [3.8, 4) is 5.75 Å². The molecule has 0 aliphatic carbocycles. The number of para-hydroxylation sites is 2. The average Bonchev–Trinajstić information content (AvgIpc) is 2.80. The number of nitrogens with one attached hydrogen (secondary N) is 1. The Labute approximate surface area is 206 Å². The lowest BCUT2D eigenvalue weighted by atomic mass is 10.2. The Morgan fingerprint density at radius 3 is 2.42 bits per heavy atom. The predicted octanol–water partition coefficient (Wildman–Crippen LogP) is 4.85. The molecule has 0 radical (unpaired) electrons. The Morgan fingerprint density at radius 1 is 1.09 bits per heavy atom. The normalized spacial score (nSPS) is 11.4. The first-order chi connectivity index (χ1) is 15.8. The number of hydrogen-bond donors (Lipinski definition) is 1. The molecule has 10 heteroatoms. The van der Waals surface area contributed by atoms with Gasteiger partial charge in [-0.1, -0.05) is 51.8 Å². The highest BCUT2D eigenvalue weighted by molar-refractivity contribution is 9.10. The third-order valence-corrected chi connectivity index (χ3v) is 6.95. The van der Waals surface area contributed by atoms with Crippen LogP contribution in [0.2, 0.25) is 5.02 Å². The summed E-state index contributed by atoms with van der Waals surface area (Å²) in [6.07, 6.45) is 1.47. The lowest BCUT2D eigenvalue weighted by Gasteiger charge is -2.25. The number of benzene rings is 3. The number of hydrazone groups is 1. The maximum Gasteiger partial charge on any atom is 0.264 e. The van der Waals surface area contributed by atoms with Crippen molar-refractivity contribution in [2.75, 3.05) is 17.5 Å². The molecule has 0 bridgehead atoms. The van der Waals surface area contributed by atoms with Crippen molar-refractivity contribution in [2.24, 2.45) is 5.10 Å². The summed E-state index contributed by atoms with van der Waals surface area (Å²) >= 11 is 9.26. The highest BCUT2D eigenvalue weighted by Crippen LogP contribution is 2.32. The van der Waals surface area contributed by atoms with Crippen LogP contribution in [-0.4, -0.2) is 33.7 Å². The van der Waals surface area contributed by atoms with Crippen LogP contribution >= 0.6 is 27.5 Å². The Bertz CT molecular complexity index is 1230. The lowest BCUT2D eigenvalue weighted by Crippen LogP contribution is -2.39. The molecule has 0 heterocycles. The van der Waals surface area contributed by atoms with Crippen molar-refractivity contribution >= 4 is 55.4 Å². The van der Waals surface area contributed by atoms with Crippen LogP contribution in [0, 0.1) is 0 Å². The highest BCUT2D eigenvalue weighted by atomic mass is 79.9. The van der Waals surface area contributed by atoms with Gasteiger partial charge in [0.15, 0.2) is 0 Å². The van der Waals surface area contributed by atoms with Gasteiger partial charge in [0.1, 0.15) is 12.3 Å². The van der Waals surface area contributed by atoms with Crippen molar-refractivity contribution in [3.05, 3.63) is 87.9 Å². The maximum absolute atomic E-state index is 13.5. The summed E-state index contributed by atoms with van der Waals surface area (Å²) in [4.78, 5) is 12.7. The molecule has 0 saturated carbocycles. The summed E-state index contributed by atoms with van der Waals surface area (Å²) < 4.78 is 34.4. The summed E-state index contributed by atoms with van der Waals surface area (Å²) in [5.74, 6) is -0.282. The second-order valence-corrected chi connectivity index (χ2v) is 9.93. The van der Waals surface area contributed by atoms with E-state index in [0.29, 0.717) is 17.4 Å². The van der Waals surface area contributed by atoms with Gasteiger partial charge in [0.25, 0.3) is 15.9 Å². The van der Waals surface area contributed by atoms with E-state index in [4.69, 9.17) is 16.3 Å². The molecule has 172 valence electrons. The third-order valence-electron chi connectivity index (χ3n) is 4.40. The molecule has 1 amide bonds. The molecular weight excluding hydrogens is 530 g/mol. The molecule has 33 heavy (non-hydrogen) atoms. The maximum atomic E-state index is 13.5. The minimum Gasteiger partial charge on any atom is -0.492 e. The molecule has 1 N–H and O–H groups in total. The van der Waals surface area contributed by atoms with E-state index in [0.717, 1.165) is 14.3 Å². The first-order valence-electron chi connectivity index (χ1n) is 9.89. The number of hydrogen-bond acceptors (Lipinski definition) is 5. The number of carbonyl (C=O) groups excluding carboxylic acids is 1. The molecule has 0 unspecified atom stereocenters. The Kier molecular flexibility index (Phi) is 8.49. The van der Waals surface area contributed by atoms with E-state index in [-0.39, 0.29) is 10.6 Å². The number of sulfonamides is 1. The average molecular weight is 551 g/mol. The highest BCUT2D eigenvalue weighted by Gasteiger charge is 2.29. The molecule has 7 nitrogen and oxygen atoms in total. The zero-order valence-electron chi connectivity index (χ0n) is 17.6. The van der Waals surface area contributed by atoms with Crippen LogP contribution in [0.4, 0.5) is 5.69 Å². The fourth-order valence-corrected chi connectivity index (χ4v) is 4.69. The van der Waals surface area contributed by atoms with Gasteiger partial charge in [-0.05, 0) is 61.0 Å². The number of carbonyl (C=O) groups is 1. The van der Waals surface area contributed by atoms with Crippen LogP contribution in [0.3, 0.4) is 0 Å². The molecule has 0 aromatic heterocycles. The van der Waals surface area contributed by atoms with Crippen LogP contribution in [0.15, 0.2) is 87.3 Å². The molecule has 0 saturated heterocycles. The fourth-order valence-electron chi connectivity index (χ4n) is 2.87. The first kappa shape index (κ1) is 24.8. The Balaban J connectivity index is 1.89. The second kappa shape index (κ2) is 11.3. The SMILES string of the molecule is CCOc1ccccc1N(CC(=O)N/N=C\c1ccc(Br)cc1)S(=O)(=O)c1ccc(Cl)cc1. The largest absolute Gasteiger partial charge is 0.492 e. The molecule has 0 fully saturated rings. The van der Waals surface area contributed by atoms with E-state index < -0.39 is 22.5 Å². The Hall–Kier alpha value is -2.88. The monoisotopic (exact) mass is 549 g/mol. The minimum atomic E-state index is -4.11. The van der Waals surface area contributed by atoms with Gasteiger partial charge in [-0.25, -0.2) is 13.8 Å². The zero-order valence-corrected chi connectivity index (χ0v) is 20.8. The van der Waals surface area contributed by atoms with Gasteiger partial charge >= 0.3 is 0 Å². The van der Waals surface area contributed by atoms with Crippen LogP contribution in [0.1, 0.15) is 12.5 Å². The van der Waals surface area contributed by atoms with Crippen molar-refractivity contribution in [1.82, 2.24) is 5.43 Å². The lowest BCUT2D eigenvalue weighted by molar-refractivity contribution is -0.119. The van der Waals surface area contributed by atoms with Crippen molar-refractivity contribution in [2.45, 2.75) is 11.8 Å². The minimum absolute atomic E-state index is 0.00985. The summed E-state index contributed by atoms with van der Waals surface area (Å²) in [5.41, 5.74) is 3.39. The molecule has 0 aliphatic rings. The standard InChI is InChI=1S/C23H21BrClN3O4S/c1-2-32-22-6-4-3-5-21(22)28(33(30,31)20-13-11-19(25)12-14-20)16-23(29)27-26-15-17-7-9-18(24)10-8-17/h3-15H,2,16H2,1H3,(H,27,29)/b26-15-. The van der Waals surface area contributed by atoms with E-state index in [9.17, 15) is 13.2 Å². The first-order valence-corrected chi connectivity index (χ1v) is 12.5. The van der Waals surface area contributed by atoms with Gasteiger partial charge in [0.05, 0.1) is 23.4 Å². The number of rotatable bonds is 9. The summed E-state index contributed by atoms with van der Waals surface area (Å²) in [7, 11) is -4.11. The van der Waals surface area contributed by atoms with Crippen LogP contribution in [0.25, 0.3) is 0 Å². The molecule has 3 rings (SSSR count). The number of amides is 1. The van der Waals surface area contributed by atoms with Crippen LogP contribution < -0.4 is 14.5 Å². The molecule has 0 atom stereocenters. The number of ether oxygens (including phenoxy) is 1. The zero-order chi connectivity index (χ0) is 23.8. The van der Waals surface area contributed by atoms with E-state index in [1.165, 1.54) is 30.5 Å². The van der Waals surface area contributed by atoms with Gasteiger partial charge in [-0.2, -0.15) is 5.10 Å². The molecule has 3 aromatic rings. The van der Waals surface area contributed by atoms with Gasteiger partial charge in [0.2, 0.25) is 0 Å². The second-order valence-electron chi connectivity index (χ2n) is 6.71. The molecule has 0 spiro atoms. The van der Waals surface area contributed by atoms with Gasteiger partial charge in [0, 0.05) is 9.50 Å². The van der Waals surface area contributed by atoms with Crippen LogP contribution in [-0.2, 0) is 14.8 Å². The van der Waals surface area contributed by atoms with Crippen LogP contribution in [0.5, 0.6) is 5.75 Å².